The van der Waals surface area contributed by atoms with Gasteiger partial charge in [0.05, 0.1) is 12.2 Å². The maximum Gasteiger partial charge on any atom is 0.325 e. The lowest BCUT2D eigenvalue weighted by Crippen LogP contribution is -2.49. The lowest BCUT2D eigenvalue weighted by Gasteiger charge is -2.34. The van der Waals surface area contributed by atoms with E-state index in [0.29, 0.717) is 43.3 Å². The van der Waals surface area contributed by atoms with Gasteiger partial charge in [-0.05, 0) is 31.4 Å². The molecule has 0 spiro atoms. The third kappa shape index (κ3) is 3.92. The van der Waals surface area contributed by atoms with Gasteiger partial charge < -0.3 is 20.3 Å². The predicted octanol–water partition coefficient (Wildman–Crippen LogP) is 1.01. The zero-order chi connectivity index (χ0) is 17.8. The molecule has 2 heterocycles. The number of carbonyl (C=O) groups excluding carboxylic acids is 3. The van der Waals surface area contributed by atoms with Crippen LogP contribution in [-0.4, -0.2) is 55.0 Å². The molecule has 2 atom stereocenters. The Bertz CT molecular complexity index is 676. The average molecular weight is 345 g/mol. The Hall–Kier alpha value is -2.57. The fourth-order valence-corrected chi connectivity index (χ4v) is 3.47. The largest absolute Gasteiger partial charge is 0.465 e. The summed E-state index contributed by atoms with van der Waals surface area (Å²) < 4.78 is 4.90. The number of nitrogens with zero attached hydrogens (tertiary/aromatic N) is 1. The highest BCUT2D eigenvalue weighted by atomic mass is 16.5. The van der Waals surface area contributed by atoms with Crippen molar-refractivity contribution in [2.75, 3.05) is 31.6 Å². The molecule has 25 heavy (non-hydrogen) atoms. The molecule has 7 heteroatoms. The van der Waals surface area contributed by atoms with Crippen LogP contribution in [0.1, 0.15) is 30.1 Å². The molecule has 3 rings (SSSR count). The number of benzene rings is 1. The summed E-state index contributed by atoms with van der Waals surface area (Å²) in [5.74, 6) is -0.0553. The van der Waals surface area contributed by atoms with Gasteiger partial charge in [-0.15, -0.1) is 0 Å². The minimum atomic E-state index is -0.362. The van der Waals surface area contributed by atoms with Gasteiger partial charge >= 0.3 is 5.97 Å². The highest BCUT2D eigenvalue weighted by Gasteiger charge is 2.38. The van der Waals surface area contributed by atoms with Gasteiger partial charge in [0.1, 0.15) is 6.54 Å². The average Bonchev–Trinajstić information content (AvgIpc) is 2.99. The molecule has 0 aromatic heterocycles. The van der Waals surface area contributed by atoms with Crippen molar-refractivity contribution in [3.05, 3.63) is 29.8 Å². The fourth-order valence-electron chi connectivity index (χ4n) is 3.47. The molecule has 0 radical (unpaired) electrons. The summed E-state index contributed by atoms with van der Waals surface area (Å²) in [6.45, 7) is 3.26. The van der Waals surface area contributed by atoms with E-state index in [1.165, 1.54) is 0 Å². The summed E-state index contributed by atoms with van der Waals surface area (Å²) in [7, 11) is 0. The number of para-hydroxylation sites is 1. The van der Waals surface area contributed by atoms with Gasteiger partial charge in [0.15, 0.2) is 0 Å². The van der Waals surface area contributed by atoms with Crippen LogP contribution < -0.4 is 10.6 Å². The van der Waals surface area contributed by atoms with E-state index < -0.39 is 0 Å². The van der Waals surface area contributed by atoms with Crippen molar-refractivity contribution in [3.63, 3.8) is 0 Å². The molecule has 7 nitrogen and oxygen atoms in total. The second-order valence-corrected chi connectivity index (χ2v) is 6.38. The Morgan fingerprint density at radius 2 is 2.16 bits per heavy atom. The summed E-state index contributed by atoms with van der Waals surface area (Å²) >= 11 is 0. The minimum absolute atomic E-state index is 0.0128. The molecule has 2 amide bonds. The van der Waals surface area contributed by atoms with Gasteiger partial charge in [0, 0.05) is 31.2 Å². The van der Waals surface area contributed by atoms with Crippen LogP contribution in [0.3, 0.4) is 0 Å². The quantitative estimate of drug-likeness (QED) is 0.778. The number of carbonyl (C=O) groups is 3. The molecule has 2 saturated heterocycles. The van der Waals surface area contributed by atoms with E-state index in [2.05, 4.69) is 10.6 Å². The first-order valence-electron chi connectivity index (χ1n) is 8.65. The maximum absolute atomic E-state index is 12.9. The molecule has 0 bridgehead atoms. The number of likely N-dealkylation sites (tertiary alicyclic amines) is 1. The molecule has 2 fully saturated rings. The lowest BCUT2D eigenvalue weighted by atomic mass is 9.92. The Morgan fingerprint density at radius 3 is 2.96 bits per heavy atom. The van der Waals surface area contributed by atoms with Crippen molar-refractivity contribution in [1.82, 2.24) is 10.2 Å². The number of hydrogen-bond donors (Lipinski definition) is 2. The van der Waals surface area contributed by atoms with Crippen molar-refractivity contribution in [3.8, 4) is 0 Å². The molecular weight excluding hydrogens is 322 g/mol. The number of ether oxygens (including phenoxy) is 1. The van der Waals surface area contributed by atoms with Crippen molar-refractivity contribution in [2.24, 2.45) is 5.92 Å². The second-order valence-electron chi connectivity index (χ2n) is 6.38. The van der Waals surface area contributed by atoms with Crippen molar-refractivity contribution < 1.29 is 19.1 Å². The third-order valence-corrected chi connectivity index (χ3v) is 4.72. The first-order chi connectivity index (χ1) is 12.1. The number of piperidine rings is 1. The van der Waals surface area contributed by atoms with E-state index in [1.807, 2.05) is 6.07 Å². The number of esters is 1. The molecule has 0 aliphatic carbocycles. The Labute approximate surface area is 146 Å². The van der Waals surface area contributed by atoms with Crippen LogP contribution in [0.5, 0.6) is 0 Å². The molecular formula is C18H23N3O4. The van der Waals surface area contributed by atoms with Crippen LogP contribution in [0.25, 0.3) is 0 Å². The van der Waals surface area contributed by atoms with Crippen LogP contribution >= 0.6 is 0 Å². The van der Waals surface area contributed by atoms with Crippen molar-refractivity contribution in [2.45, 2.75) is 25.8 Å². The van der Waals surface area contributed by atoms with Gasteiger partial charge in [0.2, 0.25) is 5.91 Å². The molecule has 0 saturated carbocycles. The number of rotatable bonds is 5. The fraction of sp³-hybridized carbons (Fsp3) is 0.500. The van der Waals surface area contributed by atoms with E-state index in [9.17, 15) is 14.4 Å². The highest BCUT2D eigenvalue weighted by molar-refractivity contribution is 6.00. The summed E-state index contributed by atoms with van der Waals surface area (Å²) in [6.07, 6.45) is 1.39. The molecule has 1 aromatic carbocycles. The number of amides is 2. The number of hydrogen-bond acceptors (Lipinski definition) is 5. The van der Waals surface area contributed by atoms with Gasteiger partial charge in [-0.1, -0.05) is 12.1 Å². The van der Waals surface area contributed by atoms with E-state index in [-0.39, 0.29) is 30.4 Å². The van der Waals surface area contributed by atoms with Crippen LogP contribution in [0.4, 0.5) is 5.69 Å². The topological polar surface area (TPSA) is 87.7 Å². The van der Waals surface area contributed by atoms with Crippen molar-refractivity contribution >= 4 is 23.5 Å². The molecule has 1 aromatic rings. The van der Waals surface area contributed by atoms with E-state index in [1.54, 1.807) is 30.0 Å². The smallest absolute Gasteiger partial charge is 0.325 e. The second kappa shape index (κ2) is 7.55. The Balaban J connectivity index is 1.68. The standard InChI is InChI=1S/C18H23N3O4/c1-2-25-17(23)10-19-14-6-4-3-5-13(14)18(24)21-8-7-12-9-16(22)20-15(12)11-21/h3-6,12,15,19H,2,7-11H2,1H3,(H,20,22)/t12-,15-/m1/s1. The van der Waals surface area contributed by atoms with Crippen LogP contribution in [-0.2, 0) is 14.3 Å². The van der Waals surface area contributed by atoms with Crippen molar-refractivity contribution in [1.29, 1.82) is 0 Å². The summed E-state index contributed by atoms with van der Waals surface area (Å²) in [6, 6.07) is 7.18. The van der Waals surface area contributed by atoms with E-state index >= 15 is 0 Å². The Kier molecular flexibility index (Phi) is 5.21. The highest BCUT2D eigenvalue weighted by Crippen LogP contribution is 2.27. The summed E-state index contributed by atoms with van der Waals surface area (Å²) in [5, 5.41) is 5.93. The summed E-state index contributed by atoms with van der Waals surface area (Å²) in [5.41, 5.74) is 1.13. The van der Waals surface area contributed by atoms with Gasteiger partial charge in [-0.2, -0.15) is 0 Å². The van der Waals surface area contributed by atoms with Gasteiger partial charge in [-0.25, -0.2) is 0 Å². The molecule has 2 N–H and O–H groups in total. The SMILES string of the molecule is CCOC(=O)CNc1ccccc1C(=O)N1CC[C@@H]2CC(=O)N[C@@H]2C1. The third-order valence-electron chi connectivity index (χ3n) is 4.72. The first-order valence-corrected chi connectivity index (χ1v) is 8.65. The number of nitrogens with one attached hydrogen (secondary N) is 2. The molecule has 0 unspecified atom stereocenters. The van der Waals surface area contributed by atoms with Crippen LogP contribution in [0, 0.1) is 5.92 Å². The maximum atomic E-state index is 12.9. The number of anilines is 1. The van der Waals surface area contributed by atoms with Crippen LogP contribution in [0.15, 0.2) is 24.3 Å². The molecule has 134 valence electrons. The first kappa shape index (κ1) is 17.3. The van der Waals surface area contributed by atoms with E-state index in [0.717, 1.165) is 6.42 Å². The lowest BCUT2D eigenvalue weighted by molar-refractivity contribution is -0.140. The van der Waals surface area contributed by atoms with E-state index in [4.69, 9.17) is 4.74 Å². The predicted molar refractivity (Wildman–Crippen MR) is 92.1 cm³/mol. The zero-order valence-electron chi connectivity index (χ0n) is 14.3. The molecule has 2 aliphatic heterocycles. The summed E-state index contributed by atoms with van der Waals surface area (Å²) in [4.78, 5) is 37.8. The van der Waals surface area contributed by atoms with Gasteiger partial charge in [0.25, 0.3) is 5.91 Å². The Morgan fingerprint density at radius 1 is 1.36 bits per heavy atom. The molecule has 2 aliphatic rings. The monoisotopic (exact) mass is 345 g/mol. The number of fused-ring (bicyclic) bond motifs is 1. The van der Waals surface area contributed by atoms with Gasteiger partial charge in [-0.3, -0.25) is 14.4 Å². The minimum Gasteiger partial charge on any atom is -0.465 e. The normalized spacial score (nSPS) is 22.1. The zero-order valence-corrected chi connectivity index (χ0v) is 14.3. The van der Waals surface area contributed by atoms with Crippen LogP contribution in [0.2, 0.25) is 0 Å².